The Labute approximate surface area is 191 Å². The maximum atomic E-state index is 13.1. The summed E-state index contributed by atoms with van der Waals surface area (Å²) in [6.07, 6.45) is 2.48. The number of benzene rings is 2. The van der Waals surface area contributed by atoms with E-state index in [1.165, 1.54) is 17.6 Å². The molecule has 2 aliphatic heterocycles. The van der Waals surface area contributed by atoms with Crippen LogP contribution in [-0.2, 0) is 4.79 Å². The molecule has 31 heavy (non-hydrogen) atoms. The fourth-order valence-electron chi connectivity index (χ4n) is 3.96. The maximum absolute atomic E-state index is 13.1. The molecular weight excluding hydrogens is 523 g/mol. The number of carbonyl (C=O) groups excluding carboxylic acids is 1. The summed E-state index contributed by atoms with van der Waals surface area (Å²) in [7, 11) is 0. The van der Waals surface area contributed by atoms with Crippen LogP contribution in [0.4, 0.5) is 5.69 Å². The first-order valence-electron chi connectivity index (χ1n) is 10.0. The van der Waals surface area contributed by atoms with Crippen LogP contribution >= 0.6 is 11.5 Å². The molecule has 1 atom stereocenters. The van der Waals surface area contributed by atoms with Crippen LogP contribution in [0.15, 0.2) is 40.1 Å². The van der Waals surface area contributed by atoms with Crippen LogP contribution < -0.4 is 13.9 Å². The molecule has 2 radical (unpaired) electrons. The molecular formula is C22H18N2O5SSn. The summed E-state index contributed by atoms with van der Waals surface area (Å²) >= 11 is -0.414. The Morgan fingerprint density at radius 3 is 2.94 bits per heavy atom. The Morgan fingerprint density at radius 2 is 2.13 bits per heavy atom. The molecule has 3 heterocycles. The standard InChI is InChI=1S/C22H18N2O5S.Sn/c1-13-5-2-3-10-29-19-11-14(22(27)28)8-9-17(19)23-18(12-25)15-6-4-7-16-20(15)30-24(13)21(16)26;/h4,6-8,11,13H,2-3,5,10H2,1H3,(H,27,28);. The quantitative estimate of drug-likeness (QED) is 0.479. The molecule has 1 aromatic heterocycles. The molecule has 0 amide bonds. The van der Waals surface area contributed by atoms with E-state index in [-0.39, 0.29) is 21.0 Å². The second kappa shape index (κ2) is 7.90. The molecule has 1 N–H and O–H groups in total. The van der Waals surface area contributed by atoms with Gasteiger partial charge in [0.05, 0.1) is 0 Å². The molecule has 2 aromatic carbocycles. The molecule has 156 valence electrons. The van der Waals surface area contributed by atoms with Crippen molar-refractivity contribution in [3.8, 4) is 5.75 Å². The topological polar surface area (TPSA) is 98.0 Å². The van der Waals surface area contributed by atoms with E-state index in [4.69, 9.17) is 4.74 Å². The van der Waals surface area contributed by atoms with E-state index >= 15 is 0 Å². The predicted octanol–water partition coefficient (Wildman–Crippen LogP) is 2.88. The van der Waals surface area contributed by atoms with Gasteiger partial charge in [-0.15, -0.1) is 0 Å². The number of aromatic carboxylic acids is 1. The monoisotopic (exact) mass is 542 g/mol. The summed E-state index contributed by atoms with van der Waals surface area (Å²) < 4.78 is 9.21. The number of fused-ring (bicyclic) bond motifs is 2. The van der Waals surface area contributed by atoms with Crippen molar-refractivity contribution >= 4 is 67.5 Å². The first-order chi connectivity index (χ1) is 14.9. The van der Waals surface area contributed by atoms with Gasteiger partial charge in [0, 0.05) is 0 Å². The number of rotatable bonds is 1. The molecule has 9 heteroatoms. The number of hydrogen-bond donors (Lipinski definition) is 1. The fraction of sp³-hybridized carbons (Fsp3) is 0.273. The van der Waals surface area contributed by atoms with Crippen LogP contribution in [0.1, 0.15) is 48.1 Å². The van der Waals surface area contributed by atoms with Crippen molar-refractivity contribution in [2.45, 2.75) is 32.2 Å². The zero-order valence-electron chi connectivity index (χ0n) is 16.7. The average Bonchev–Trinajstić information content (AvgIpc) is 3.09. The van der Waals surface area contributed by atoms with Gasteiger partial charge in [0.1, 0.15) is 0 Å². The summed E-state index contributed by atoms with van der Waals surface area (Å²) in [5.41, 5.74) is 1.69. The summed E-state index contributed by atoms with van der Waals surface area (Å²) in [5, 5.41) is 10.1. The van der Waals surface area contributed by atoms with Crippen LogP contribution in [0, 0.1) is 0 Å². The molecule has 0 saturated heterocycles. The van der Waals surface area contributed by atoms with Crippen LogP contribution in [0.25, 0.3) is 10.1 Å². The molecule has 0 aliphatic carbocycles. The van der Waals surface area contributed by atoms with Gasteiger partial charge in [-0.25, -0.2) is 0 Å². The van der Waals surface area contributed by atoms with Gasteiger partial charge < -0.3 is 0 Å². The number of carboxylic acid groups (broad SMARTS) is 1. The van der Waals surface area contributed by atoms with Crippen molar-refractivity contribution in [3.63, 3.8) is 0 Å². The van der Waals surface area contributed by atoms with Gasteiger partial charge in [-0.05, 0) is 0 Å². The van der Waals surface area contributed by atoms with Crippen molar-refractivity contribution in [1.29, 1.82) is 0 Å². The predicted molar refractivity (Wildman–Crippen MR) is 120 cm³/mol. The van der Waals surface area contributed by atoms with E-state index in [2.05, 4.69) is 4.99 Å². The van der Waals surface area contributed by atoms with E-state index in [0.717, 1.165) is 24.0 Å². The molecule has 7 nitrogen and oxygen atoms in total. The number of carbonyl (C=O) groups is 2. The number of hydrogen-bond acceptors (Lipinski definition) is 6. The minimum atomic E-state index is -1.81. The Hall–Kier alpha value is -2.46. The summed E-state index contributed by atoms with van der Waals surface area (Å²) in [6.45, 7) is 2.45. The van der Waals surface area contributed by atoms with Crippen molar-refractivity contribution in [2.24, 2.45) is 4.99 Å². The van der Waals surface area contributed by atoms with Gasteiger partial charge in [0.2, 0.25) is 0 Å². The van der Waals surface area contributed by atoms with Gasteiger partial charge in [0.15, 0.2) is 0 Å². The third-order valence-corrected chi connectivity index (χ3v) is 10.1. The van der Waals surface area contributed by atoms with E-state index < -0.39 is 27.1 Å². The molecule has 2 aliphatic rings. The molecule has 0 spiro atoms. The summed E-state index contributed by atoms with van der Waals surface area (Å²) in [6, 6.07) is 8.54. The van der Waals surface area contributed by atoms with Gasteiger partial charge in [-0.1, -0.05) is 0 Å². The van der Waals surface area contributed by atoms with Gasteiger partial charge >= 0.3 is 192 Å². The Morgan fingerprint density at radius 1 is 1.29 bits per heavy atom. The summed E-state index contributed by atoms with van der Waals surface area (Å²) in [5.74, 6) is -0.628. The van der Waals surface area contributed by atoms with Crippen molar-refractivity contribution in [3.05, 3.63) is 51.8 Å². The SMILES string of the molecule is CC1CCCCOc2cc(C(=O)O)c[c]3c2N=C([C](=O)[Sn]3)c2cccc3c(=O)n1sc23. The number of ether oxygens (including phenoxy) is 1. The van der Waals surface area contributed by atoms with Crippen molar-refractivity contribution in [2.75, 3.05) is 6.61 Å². The Bertz CT molecular complexity index is 1340. The van der Waals surface area contributed by atoms with Crippen LogP contribution in [-0.4, -0.2) is 52.3 Å². The number of nitrogens with zero attached hydrogens (tertiary/aromatic N) is 2. The second-order valence-corrected chi connectivity index (χ2v) is 12.2. The van der Waals surface area contributed by atoms with Crippen LogP contribution in [0.3, 0.4) is 0 Å². The van der Waals surface area contributed by atoms with E-state index in [0.29, 0.717) is 38.3 Å². The third kappa shape index (κ3) is 3.51. The normalized spacial score (nSPS) is 18.4. The van der Waals surface area contributed by atoms with Crippen molar-refractivity contribution in [1.82, 2.24) is 3.96 Å². The first kappa shape index (κ1) is 20.4. The van der Waals surface area contributed by atoms with Gasteiger partial charge in [-0.2, -0.15) is 0 Å². The van der Waals surface area contributed by atoms with E-state index in [1.54, 1.807) is 22.2 Å². The number of carboxylic acids is 1. The second-order valence-electron chi connectivity index (χ2n) is 7.69. The van der Waals surface area contributed by atoms with Crippen LogP contribution in [0.2, 0.25) is 0 Å². The third-order valence-electron chi connectivity index (χ3n) is 5.57. The van der Waals surface area contributed by atoms with Crippen LogP contribution in [0.5, 0.6) is 5.75 Å². The zero-order chi connectivity index (χ0) is 21.7. The zero-order valence-corrected chi connectivity index (χ0v) is 20.3. The molecule has 0 fully saturated rings. The van der Waals surface area contributed by atoms with E-state index in [1.807, 2.05) is 13.0 Å². The van der Waals surface area contributed by atoms with Crippen molar-refractivity contribution < 1.29 is 19.4 Å². The minimum absolute atomic E-state index is 0.0310. The number of aromatic nitrogens is 1. The molecule has 1 unspecified atom stereocenters. The summed E-state index contributed by atoms with van der Waals surface area (Å²) in [4.78, 5) is 42.4. The number of aliphatic imine (C=N–C) groups is 1. The molecule has 3 aromatic rings. The first-order valence-corrected chi connectivity index (χ1v) is 13.7. The molecule has 5 rings (SSSR count). The van der Waals surface area contributed by atoms with Gasteiger partial charge in [0.25, 0.3) is 0 Å². The Kier molecular flexibility index (Phi) is 5.21. The Balaban J connectivity index is 1.78. The fourth-order valence-corrected chi connectivity index (χ4v) is 8.22. The molecule has 0 saturated carbocycles. The van der Waals surface area contributed by atoms with Gasteiger partial charge in [-0.3, -0.25) is 0 Å². The molecule has 4 bridgehead atoms. The average molecular weight is 541 g/mol. The van der Waals surface area contributed by atoms with E-state index in [9.17, 15) is 19.5 Å².